The Kier molecular flexibility index (Phi) is 5.50. The summed E-state index contributed by atoms with van der Waals surface area (Å²) in [6.45, 7) is 0. The van der Waals surface area contributed by atoms with Crippen LogP contribution in [0.5, 0.6) is 0 Å². The van der Waals surface area contributed by atoms with Gasteiger partial charge in [0.05, 0.1) is 27.1 Å². The van der Waals surface area contributed by atoms with Crippen LogP contribution >= 0.6 is 0 Å². The zero-order chi connectivity index (χ0) is 10.3. The molecular weight excluding hydrogens is 174 g/mol. The molecule has 0 unspecified atom stereocenters. The van der Waals surface area contributed by atoms with Gasteiger partial charge in [0.1, 0.15) is 0 Å². The van der Waals surface area contributed by atoms with Crippen LogP contribution in [0.15, 0.2) is 0 Å². The van der Waals surface area contributed by atoms with E-state index >= 15 is 0 Å². The Bertz CT molecular complexity index is 212. The molecule has 0 rings (SSSR count). The number of nitrogens with one attached hydrogen (secondary N) is 1. The Balaban J connectivity index is 3.63. The lowest BCUT2D eigenvalue weighted by Gasteiger charge is -2.01. The molecule has 0 bridgehead atoms. The molecule has 0 fully saturated rings. The fourth-order valence-electron chi connectivity index (χ4n) is 0.690. The molecule has 1 N–H and O–H groups in total. The second-order valence-corrected chi connectivity index (χ2v) is 2.43. The van der Waals surface area contributed by atoms with Crippen molar-refractivity contribution < 1.29 is 19.1 Å². The summed E-state index contributed by atoms with van der Waals surface area (Å²) in [5.74, 6) is -0.843. The molecule has 5 nitrogen and oxygen atoms in total. The van der Waals surface area contributed by atoms with E-state index in [2.05, 4.69) is 9.47 Å². The topological polar surface area (TPSA) is 76.5 Å². The fourth-order valence-corrected chi connectivity index (χ4v) is 0.690. The molecule has 0 aliphatic carbocycles. The minimum atomic E-state index is -0.463. The standard InChI is InChI=1S/C8H13NO4/c1-12-7(10)4-3-6(9)5-8(11)13-2/h9H,3-5H2,1-2H3. The molecule has 0 aliphatic heterocycles. The van der Waals surface area contributed by atoms with Gasteiger partial charge in [0, 0.05) is 5.71 Å². The summed E-state index contributed by atoms with van der Waals surface area (Å²) in [4.78, 5) is 21.3. The monoisotopic (exact) mass is 187 g/mol. The molecule has 0 aromatic carbocycles. The highest BCUT2D eigenvalue weighted by atomic mass is 16.5. The van der Waals surface area contributed by atoms with Crippen LogP contribution in [0.25, 0.3) is 0 Å². The predicted octanol–water partition coefficient (Wildman–Crippen LogP) is 0.522. The van der Waals surface area contributed by atoms with Crippen LogP contribution in [0.3, 0.4) is 0 Å². The quantitative estimate of drug-likeness (QED) is 0.503. The fraction of sp³-hybridized carbons (Fsp3) is 0.625. The summed E-state index contributed by atoms with van der Waals surface area (Å²) in [6, 6.07) is 0. The Morgan fingerprint density at radius 1 is 1.08 bits per heavy atom. The first kappa shape index (κ1) is 11.6. The van der Waals surface area contributed by atoms with Crippen LogP contribution in [-0.4, -0.2) is 31.9 Å². The van der Waals surface area contributed by atoms with Gasteiger partial charge in [0.25, 0.3) is 0 Å². The number of carbonyl (C=O) groups excluding carboxylic acids is 2. The van der Waals surface area contributed by atoms with Gasteiger partial charge in [-0.05, 0) is 6.42 Å². The Morgan fingerprint density at radius 3 is 2.08 bits per heavy atom. The number of hydrogen-bond acceptors (Lipinski definition) is 5. The Labute approximate surface area is 76.5 Å². The van der Waals surface area contributed by atoms with Crippen LogP contribution in [0.1, 0.15) is 19.3 Å². The van der Waals surface area contributed by atoms with Gasteiger partial charge in [-0.3, -0.25) is 9.59 Å². The van der Waals surface area contributed by atoms with Gasteiger partial charge in [-0.15, -0.1) is 0 Å². The second-order valence-electron chi connectivity index (χ2n) is 2.43. The van der Waals surface area contributed by atoms with Gasteiger partial charge < -0.3 is 14.9 Å². The number of esters is 2. The van der Waals surface area contributed by atoms with E-state index in [0.717, 1.165) is 0 Å². The lowest BCUT2D eigenvalue weighted by molar-refractivity contribution is -0.141. The molecule has 0 aromatic heterocycles. The first-order valence-corrected chi connectivity index (χ1v) is 3.80. The molecular formula is C8H13NO4. The van der Waals surface area contributed by atoms with Crippen molar-refractivity contribution in [1.82, 2.24) is 0 Å². The van der Waals surface area contributed by atoms with Crippen LogP contribution in [0.2, 0.25) is 0 Å². The molecule has 0 heterocycles. The average Bonchev–Trinajstić information content (AvgIpc) is 2.13. The summed E-state index contributed by atoms with van der Waals surface area (Å²) in [7, 11) is 2.54. The van der Waals surface area contributed by atoms with E-state index in [1.54, 1.807) is 0 Å². The van der Waals surface area contributed by atoms with Gasteiger partial charge >= 0.3 is 11.9 Å². The number of ether oxygens (including phenoxy) is 2. The van der Waals surface area contributed by atoms with Gasteiger partial charge in [-0.25, -0.2) is 0 Å². The van der Waals surface area contributed by atoms with Crippen LogP contribution < -0.4 is 0 Å². The van der Waals surface area contributed by atoms with E-state index in [1.165, 1.54) is 14.2 Å². The molecule has 0 amide bonds. The van der Waals surface area contributed by atoms with Crippen molar-refractivity contribution in [3.63, 3.8) is 0 Å². The van der Waals surface area contributed by atoms with Crippen LogP contribution in [0.4, 0.5) is 0 Å². The lowest BCUT2D eigenvalue weighted by atomic mass is 10.1. The third kappa shape index (κ3) is 5.84. The van der Waals surface area contributed by atoms with Gasteiger partial charge in [-0.2, -0.15) is 0 Å². The van der Waals surface area contributed by atoms with E-state index in [9.17, 15) is 9.59 Å². The maximum atomic E-state index is 10.7. The molecule has 74 valence electrons. The highest BCUT2D eigenvalue weighted by Crippen LogP contribution is 1.98. The van der Waals surface area contributed by atoms with Gasteiger partial charge in [-0.1, -0.05) is 0 Å². The van der Waals surface area contributed by atoms with Crippen LogP contribution in [0, 0.1) is 5.41 Å². The largest absolute Gasteiger partial charge is 0.469 e. The normalized spacial score (nSPS) is 9.08. The maximum absolute atomic E-state index is 10.7. The molecule has 0 saturated carbocycles. The summed E-state index contributed by atoms with van der Waals surface area (Å²) in [5.41, 5.74) is 0.178. The molecule has 0 saturated heterocycles. The predicted molar refractivity (Wildman–Crippen MR) is 45.6 cm³/mol. The van der Waals surface area contributed by atoms with Crippen LogP contribution in [-0.2, 0) is 19.1 Å². The number of carbonyl (C=O) groups is 2. The SMILES string of the molecule is COC(=O)CCC(=N)CC(=O)OC. The summed E-state index contributed by atoms with van der Waals surface area (Å²) in [6.07, 6.45) is 0.307. The number of hydrogen-bond donors (Lipinski definition) is 1. The average molecular weight is 187 g/mol. The van der Waals surface area contributed by atoms with E-state index < -0.39 is 5.97 Å². The smallest absolute Gasteiger partial charge is 0.311 e. The first-order chi connectivity index (χ1) is 6.10. The van der Waals surface area contributed by atoms with Crippen molar-refractivity contribution in [1.29, 1.82) is 5.41 Å². The van der Waals surface area contributed by atoms with Crippen molar-refractivity contribution in [2.45, 2.75) is 19.3 Å². The minimum Gasteiger partial charge on any atom is -0.469 e. The molecule has 0 aliphatic rings. The highest BCUT2D eigenvalue weighted by molar-refractivity contribution is 5.98. The van der Waals surface area contributed by atoms with Crippen molar-refractivity contribution in [2.24, 2.45) is 0 Å². The Hall–Kier alpha value is -1.39. The van der Waals surface area contributed by atoms with E-state index in [0.29, 0.717) is 0 Å². The third-order valence-corrected chi connectivity index (χ3v) is 1.44. The number of methoxy groups -OCH3 is 2. The summed E-state index contributed by atoms with van der Waals surface area (Å²) < 4.78 is 8.74. The van der Waals surface area contributed by atoms with Crippen molar-refractivity contribution in [3.8, 4) is 0 Å². The minimum absolute atomic E-state index is 0.0620. The molecule has 0 aromatic rings. The molecule has 5 heteroatoms. The highest BCUT2D eigenvalue weighted by Gasteiger charge is 2.08. The van der Waals surface area contributed by atoms with Crippen molar-refractivity contribution in [2.75, 3.05) is 14.2 Å². The molecule has 13 heavy (non-hydrogen) atoms. The van der Waals surface area contributed by atoms with Gasteiger partial charge in [0.2, 0.25) is 0 Å². The summed E-state index contributed by atoms with van der Waals surface area (Å²) >= 11 is 0. The van der Waals surface area contributed by atoms with E-state index in [4.69, 9.17) is 5.41 Å². The van der Waals surface area contributed by atoms with Gasteiger partial charge in [0.15, 0.2) is 0 Å². The molecule has 0 radical (unpaired) electrons. The Morgan fingerprint density at radius 2 is 1.62 bits per heavy atom. The third-order valence-electron chi connectivity index (χ3n) is 1.44. The van der Waals surface area contributed by atoms with E-state index in [1.807, 2.05) is 0 Å². The zero-order valence-electron chi connectivity index (χ0n) is 7.75. The lowest BCUT2D eigenvalue weighted by Crippen LogP contribution is -2.10. The maximum Gasteiger partial charge on any atom is 0.311 e. The number of rotatable bonds is 5. The first-order valence-electron chi connectivity index (χ1n) is 3.80. The molecule has 0 spiro atoms. The van der Waals surface area contributed by atoms with Crippen molar-refractivity contribution >= 4 is 17.7 Å². The summed E-state index contributed by atoms with van der Waals surface area (Å²) in [5, 5.41) is 7.28. The zero-order valence-corrected chi connectivity index (χ0v) is 7.75. The van der Waals surface area contributed by atoms with Crippen molar-refractivity contribution in [3.05, 3.63) is 0 Å². The molecule has 0 atom stereocenters. The van der Waals surface area contributed by atoms with E-state index in [-0.39, 0.29) is 30.9 Å². The second kappa shape index (κ2) is 6.16.